The van der Waals surface area contributed by atoms with Gasteiger partial charge in [-0.2, -0.15) is 0 Å². The molecule has 1 unspecified atom stereocenters. The third-order valence-electron chi connectivity index (χ3n) is 4.24. The number of benzene rings is 2. The molecule has 1 fully saturated rings. The molecule has 1 atom stereocenters. The number of nitrogens with one attached hydrogen (secondary N) is 3. The molecular formula is C20H22FN3O3. The molecule has 6 nitrogen and oxygen atoms in total. The highest BCUT2D eigenvalue weighted by Crippen LogP contribution is 2.16. The maximum atomic E-state index is 12.9. The Kier molecular flexibility index (Phi) is 6.38. The Morgan fingerprint density at radius 3 is 2.48 bits per heavy atom. The van der Waals surface area contributed by atoms with Gasteiger partial charge in [0, 0.05) is 25.4 Å². The van der Waals surface area contributed by atoms with Crippen LogP contribution in [0.2, 0.25) is 0 Å². The minimum absolute atomic E-state index is 0.144. The Balaban J connectivity index is 1.45. The molecule has 3 rings (SSSR count). The second kappa shape index (κ2) is 9.14. The Morgan fingerprint density at radius 1 is 1.04 bits per heavy atom. The number of carbonyl (C=O) groups excluding carboxylic acids is 2. The maximum Gasteiger partial charge on any atom is 0.315 e. The van der Waals surface area contributed by atoms with Gasteiger partial charge in [-0.15, -0.1) is 0 Å². The van der Waals surface area contributed by atoms with Gasteiger partial charge in [0.2, 0.25) is 0 Å². The molecule has 1 heterocycles. The largest absolute Gasteiger partial charge is 0.368 e. The predicted molar refractivity (Wildman–Crippen MR) is 99.5 cm³/mol. The molecule has 7 heteroatoms. The van der Waals surface area contributed by atoms with Crippen molar-refractivity contribution in [2.45, 2.75) is 32.0 Å². The van der Waals surface area contributed by atoms with Gasteiger partial charge in [-0.05, 0) is 48.2 Å². The minimum atomic E-state index is -0.385. The molecule has 2 aromatic carbocycles. The van der Waals surface area contributed by atoms with Crippen molar-refractivity contribution in [3.05, 3.63) is 65.5 Å². The van der Waals surface area contributed by atoms with Crippen LogP contribution in [0, 0.1) is 5.82 Å². The minimum Gasteiger partial charge on any atom is -0.368 e. The molecular weight excluding hydrogens is 349 g/mol. The molecule has 27 heavy (non-hydrogen) atoms. The molecule has 1 aliphatic heterocycles. The Hall–Kier alpha value is -2.93. The van der Waals surface area contributed by atoms with Crippen molar-refractivity contribution in [2.75, 3.05) is 11.9 Å². The average Bonchev–Trinajstić information content (AvgIpc) is 3.21. The lowest BCUT2D eigenvalue weighted by Crippen LogP contribution is -2.34. The normalized spacial score (nSPS) is 16.0. The van der Waals surface area contributed by atoms with Gasteiger partial charge in [0.1, 0.15) is 11.9 Å². The van der Waals surface area contributed by atoms with E-state index in [2.05, 4.69) is 16.0 Å². The van der Waals surface area contributed by atoms with Gasteiger partial charge >= 0.3 is 6.03 Å². The van der Waals surface area contributed by atoms with E-state index < -0.39 is 0 Å². The zero-order valence-electron chi connectivity index (χ0n) is 14.8. The van der Waals surface area contributed by atoms with Crippen LogP contribution >= 0.6 is 0 Å². The highest BCUT2D eigenvalue weighted by Gasteiger charge is 2.23. The van der Waals surface area contributed by atoms with Crippen molar-refractivity contribution >= 4 is 17.6 Å². The number of rotatable bonds is 6. The van der Waals surface area contributed by atoms with E-state index in [0.29, 0.717) is 25.4 Å². The van der Waals surface area contributed by atoms with Gasteiger partial charge in [0.15, 0.2) is 0 Å². The van der Waals surface area contributed by atoms with Crippen molar-refractivity contribution in [3.63, 3.8) is 0 Å². The first kappa shape index (κ1) is 18.8. The molecule has 142 valence electrons. The van der Waals surface area contributed by atoms with E-state index in [0.717, 1.165) is 24.0 Å². The highest BCUT2D eigenvalue weighted by molar-refractivity contribution is 5.94. The molecule has 0 bridgehead atoms. The second-order valence-electron chi connectivity index (χ2n) is 6.35. The summed E-state index contributed by atoms with van der Waals surface area (Å²) in [5.74, 6) is -0.454. The van der Waals surface area contributed by atoms with Crippen molar-refractivity contribution in [2.24, 2.45) is 0 Å². The highest BCUT2D eigenvalue weighted by atomic mass is 19.1. The van der Waals surface area contributed by atoms with Crippen molar-refractivity contribution in [1.82, 2.24) is 10.6 Å². The molecule has 0 aliphatic carbocycles. The van der Waals surface area contributed by atoms with E-state index in [4.69, 9.17) is 4.74 Å². The van der Waals surface area contributed by atoms with Crippen LogP contribution in [0.15, 0.2) is 48.5 Å². The molecule has 0 saturated carbocycles. The summed E-state index contributed by atoms with van der Waals surface area (Å²) in [5.41, 5.74) is 2.34. The van der Waals surface area contributed by atoms with E-state index in [9.17, 15) is 14.0 Å². The zero-order valence-corrected chi connectivity index (χ0v) is 14.8. The molecule has 1 saturated heterocycles. The molecule has 3 amide bonds. The molecule has 3 N–H and O–H groups in total. The summed E-state index contributed by atoms with van der Waals surface area (Å²) < 4.78 is 18.2. The summed E-state index contributed by atoms with van der Waals surface area (Å²) in [5, 5.41) is 8.31. The molecule has 2 aromatic rings. The summed E-state index contributed by atoms with van der Waals surface area (Å²) in [4.78, 5) is 24.0. The van der Waals surface area contributed by atoms with E-state index in [1.807, 2.05) is 18.2 Å². The Labute approximate surface area is 157 Å². The van der Waals surface area contributed by atoms with Crippen LogP contribution in [0.4, 0.5) is 14.9 Å². The van der Waals surface area contributed by atoms with E-state index in [1.54, 1.807) is 18.2 Å². The van der Waals surface area contributed by atoms with Crippen LogP contribution in [0.5, 0.6) is 0 Å². The zero-order chi connectivity index (χ0) is 19.1. The van der Waals surface area contributed by atoms with E-state index >= 15 is 0 Å². The number of halogens is 1. The summed E-state index contributed by atoms with van der Waals surface area (Å²) in [6.45, 7) is 1.25. The lowest BCUT2D eigenvalue weighted by atomic mass is 10.2. The number of carbonyl (C=O) groups is 2. The molecule has 0 radical (unpaired) electrons. The van der Waals surface area contributed by atoms with Gasteiger partial charge in [0.25, 0.3) is 5.91 Å². The average molecular weight is 371 g/mol. The van der Waals surface area contributed by atoms with Crippen molar-refractivity contribution in [3.8, 4) is 0 Å². The Bertz CT molecular complexity index is 789. The lowest BCUT2D eigenvalue weighted by Gasteiger charge is -2.12. The number of amides is 3. The van der Waals surface area contributed by atoms with Crippen LogP contribution in [0.3, 0.4) is 0 Å². The third-order valence-corrected chi connectivity index (χ3v) is 4.24. The van der Waals surface area contributed by atoms with Gasteiger partial charge in [-0.25, -0.2) is 9.18 Å². The second-order valence-corrected chi connectivity index (χ2v) is 6.35. The Morgan fingerprint density at radius 2 is 1.78 bits per heavy atom. The number of ether oxygens (including phenoxy) is 1. The van der Waals surface area contributed by atoms with Crippen molar-refractivity contribution in [1.29, 1.82) is 0 Å². The number of hydrogen-bond donors (Lipinski definition) is 3. The number of anilines is 1. The van der Waals surface area contributed by atoms with E-state index in [-0.39, 0.29) is 23.9 Å². The molecule has 1 aliphatic rings. The summed E-state index contributed by atoms with van der Waals surface area (Å²) in [7, 11) is 0. The SMILES string of the molecule is O=C(NCc1ccc(F)cc1)NCc1cccc(NC(=O)C2CCCO2)c1. The van der Waals surface area contributed by atoms with E-state index in [1.165, 1.54) is 12.1 Å². The summed E-state index contributed by atoms with van der Waals surface area (Å²) in [6, 6.07) is 12.9. The lowest BCUT2D eigenvalue weighted by molar-refractivity contribution is -0.124. The number of hydrogen-bond acceptors (Lipinski definition) is 3. The maximum absolute atomic E-state index is 12.9. The molecule has 0 spiro atoms. The topological polar surface area (TPSA) is 79.5 Å². The first-order valence-corrected chi connectivity index (χ1v) is 8.88. The number of urea groups is 1. The monoisotopic (exact) mass is 371 g/mol. The van der Waals surface area contributed by atoms with Crippen LogP contribution in [-0.4, -0.2) is 24.6 Å². The van der Waals surface area contributed by atoms with Crippen LogP contribution in [-0.2, 0) is 22.6 Å². The van der Waals surface area contributed by atoms with Crippen LogP contribution < -0.4 is 16.0 Å². The van der Waals surface area contributed by atoms with Crippen LogP contribution in [0.1, 0.15) is 24.0 Å². The van der Waals surface area contributed by atoms with Gasteiger partial charge < -0.3 is 20.7 Å². The first-order chi connectivity index (χ1) is 13.1. The molecule has 0 aromatic heterocycles. The smallest absolute Gasteiger partial charge is 0.315 e. The third kappa shape index (κ3) is 5.79. The summed E-state index contributed by atoms with van der Waals surface area (Å²) >= 11 is 0. The fraction of sp³-hybridized carbons (Fsp3) is 0.300. The fourth-order valence-electron chi connectivity index (χ4n) is 2.80. The van der Waals surface area contributed by atoms with Gasteiger partial charge in [-0.3, -0.25) is 4.79 Å². The summed E-state index contributed by atoms with van der Waals surface area (Å²) in [6.07, 6.45) is 1.25. The first-order valence-electron chi connectivity index (χ1n) is 8.88. The van der Waals surface area contributed by atoms with Crippen molar-refractivity contribution < 1.29 is 18.7 Å². The standard InChI is InChI=1S/C20H22FN3O3/c21-16-8-6-14(7-9-16)12-22-20(26)23-13-15-3-1-4-17(11-15)24-19(25)18-5-2-10-27-18/h1,3-4,6-9,11,18H,2,5,10,12-13H2,(H,24,25)(H2,22,23,26). The predicted octanol–water partition coefficient (Wildman–Crippen LogP) is 2.94. The fourth-order valence-corrected chi connectivity index (χ4v) is 2.80. The van der Waals surface area contributed by atoms with Gasteiger partial charge in [0.05, 0.1) is 0 Å². The van der Waals surface area contributed by atoms with Crippen LogP contribution in [0.25, 0.3) is 0 Å². The van der Waals surface area contributed by atoms with Gasteiger partial charge in [-0.1, -0.05) is 24.3 Å². The quantitative estimate of drug-likeness (QED) is 0.730.